The second kappa shape index (κ2) is 7.48. The number of nitrogens with one attached hydrogen (secondary N) is 1. The number of fused-ring (bicyclic) bond motifs is 1. The third-order valence-corrected chi connectivity index (χ3v) is 4.83. The molecule has 0 aliphatic rings. The SMILES string of the molecule is C=CCNC(=O)CSc1c(CC)cnc2c1c(=O)n(C)c(=O)n2C. The van der Waals surface area contributed by atoms with E-state index in [2.05, 4.69) is 16.9 Å². The van der Waals surface area contributed by atoms with Crippen molar-refractivity contribution >= 4 is 28.7 Å². The number of carbonyl (C=O) groups is 1. The molecule has 0 radical (unpaired) electrons. The van der Waals surface area contributed by atoms with Crippen LogP contribution in [0, 0.1) is 0 Å². The van der Waals surface area contributed by atoms with Gasteiger partial charge in [-0.15, -0.1) is 18.3 Å². The molecular weight excluding hydrogens is 328 g/mol. The Morgan fingerprint density at radius 2 is 2.08 bits per heavy atom. The van der Waals surface area contributed by atoms with Gasteiger partial charge in [-0.05, 0) is 12.0 Å². The van der Waals surface area contributed by atoms with E-state index in [1.54, 1.807) is 19.3 Å². The molecule has 2 rings (SSSR count). The highest BCUT2D eigenvalue weighted by Gasteiger charge is 2.17. The van der Waals surface area contributed by atoms with Gasteiger partial charge in [0.25, 0.3) is 5.56 Å². The molecule has 0 bridgehead atoms. The van der Waals surface area contributed by atoms with Crippen LogP contribution in [-0.2, 0) is 25.3 Å². The maximum Gasteiger partial charge on any atom is 0.332 e. The number of aryl methyl sites for hydroxylation is 2. The molecule has 2 aromatic rings. The second-order valence-electron chi connectivity index (χ2n) is 5.25. The molecule has 0 saturated carbocycles. The zero-order valence-corrected chi connectivity index (χ0v) is 14.8. The van der Waals surface area contributed by atoms with Crippen molar-refractivity contribution in [1.29, 1.82) is 0 Å². The Labute approximate surface area is 143 Å². The zero-order valence-electron chi connectivity index (χ0n) is 14.0. The van der Waals surface area contributed by atoms with Crippen molar-refractivity contribution in [2.75, 3.05) is 12.3 Å². The minimum atomic E-state index is -0.427. The predicted molar refractivity (Wildman–Crippen MR) is 95.5 cm³/mol. The van der Waals surface area contributed by atoms with Gasteiger partial charge in [0.2, 0.25) is 5.91 Å². The van der Waals surface area contributed by atoms with Gasteiger partial charge in [-0.25, -0.2) is 9.78 Å². The first-order valence-corrected chi connectivity index (χ1v) is 8.48. The lowest BCUT2D eigenvalue weighted by atomic mass is 10.2. The molecule has 2 aromatic heterocycles. The standard InChI is InChI=1S/C16H20N4O3S/c1-5-7-17-11(21)9-24-13-10(6-2)8-18-14-12(13)15(22)20(4)16(23)19(14)3/h5,8H,1,6-7,9H2,2-4H3,(H,17,21). The van der Waals surface area contributed by atoms with E-state index in [1.165, 1.54) is 23.4 Å². The van der Waals surface area contributed by atoms with E-state index in [1.807, 2.05) is 6.92 Å². The number of amides is 1. The number of carbonyl (C=O) groups excluding carboxylic acids is 1. The van der Waals surface area contributed by atoms with Crippen molar-refractivity contribution in [2.45, 2.75) is 18.2 Å². The Kier molecular flexibility index (Phi) is 5.61. The van der Waals surface area contributed by atoms with Crippen LogP contribution in [0.4, 0.5) is 0 Å². The van der Waals surface area contributed by atoms with Crippen molar-refractivity contribution in [3.05, 3.63) is 45.3 Å². The summed E-state index contributed by atoms with van der Waals surface area (Å²) in [6.07, 6.45) is 3.93. The fourth-order valence-corrected chi connectivity index (χ4v) is 3.42. The number of thioether (sulfide) groups is 1. The summed E-state index contributed by atoms with van der Waals surface area (Å²) in [5, 5.41) is 3.08. The molecule has 1 N–H and O–H groups in total. The normalized spacial score (nSPS) is 10.8. The largest absolute Gasteiger partial charge is 0.352 e. The van der Waals surface area contributed by atoms with E-state index in [-0.39, 0.29) is 11.7 Å². The Balaban J connectivity index is 2.58. The van der Waals surface area contributed by atoms with Gasteiger partial charge in [-0.3, -0.25) is 18.7 Å². The van der Waals surface area contributed by atoms with Crippen molar-refractivity contribution in [2.24, 2.45) is 14.1 Å². The van der Waals surface area contributed by atoms with Gasteiger partial charge >= 0.3 is 5.69 Å². The Bertz CT molecular complexity index is 914. The van der Waals surface area contributed by atoms with E-state index in [9.17, 15) is 14.4 Å². The van der Waals surface area contributed by atoms with Crippen LogP contribution in [0.15, 0.2) is 33.3 Å². The first-order chi connectivity index (χ1) is 11.4. The van der Waals surface area contributed by atoms with Crippen LogP contribution in [0.1, 0.15) is 12.5 Å². The molecule has 0 aromatic carbocycles. The van der Waals surface area contributed by atoms with E-state index in [0.29, 0.717) is 28.9 Å². The van der Waals surface area contributed by atoms with Crippen molar-refractivity contribution in [3.8, 4) is 0 Å². The molecule has 0 atom stereocenters. The van der Waals surface area contributed by atoms with Crippen LogP contribution in [0.5, 0.6) is 0 Å². The monoisotopic (exact) mass is 348 g/mol. The van der Waals surface area contributed by atoms with Gasteiger partial charge in [0.05, 0.1) is 11.1 Å². The molecule has 0 saturated heterocycles. The Morgan fingerprint density at radius 1 is 1.38 bits per heavy atom. The summed E-state index contributed by atoms with van der Waals surface area (Å²) in [6.45, 7) is 5.90. The zero-order chi connectivity index (χ0) is 17.9. The maximum atomic E-state index is 12.6. The summed E-state index contributed by atoms with van der Waals surface area (Å²) in [4.78, 5) is 41.5. The molecule has 1 amide bonds. The number of rotatable bonds is 6. The van der Waals surface area contributed by atoms with Crippen molar-refractivity contribution < 1.29 is 4.79 Å². The molecule has 2 heterocycles. The van der Waals surface area contributed by atoms with Gasteiger partial charge in [0, 0.05) is 31.7 Å². The predicted octanol–water partition coefficient (Wildman–Crippen LogP) is 0.589. The lowest BCUT2D eigenvalue weighted by molar-refractivity contribution is -0.118. The summed E-state index contributed by atoms with van der Waals surface area (Å²) in [5.41, 5.74) is 0.378. The summed E-state index contributed by atoms with van der Waals surface area (Å²) in [6, 6.07) is 0. The highest BCUT2D eigenvalue weighted by Crippen LogP contribution is 2.28. The van der Waals surface area contributed by atoms with E-state index < -0.39 is 11.2 Å². The van der Waals surface area contributed by atoms with E-state index in [4.69, 9.17) is 0 Å². The van der Waals surface area contributed by atoms with Crippen LogP contribution < -0.4 is 16.6 Å². The number of hydrogen-bond donors (Lipinski definition) is 1. The number of pyridine rings is 1. The fourth-order valence-electron chi connectivity index (χ4n) is 2.33. The molecule has 24 heavy (non-hydrogen) atoms. The topological polar surface area (TPSA) is 86.0 Å². The summed E-state index contributed by atoms with van der Waals surface area (Å²) in [7, 11) is 3.02. The van der Waals surface area contributed by atoms with E-state index >= 15 is 0 Å². The number of nitrogens with zero attached hydrogens (tertiary/aromatic N) is 3. The summed E-state index contributed by atoms with van der Waals surface area (Å²) >= 11 is 1.28. The Morgan fingerprint density at radius 3 is 2.71 bits per heavy atom. The fraction of sp³-hybridized carbons (Fsp3) is 0.375. The minimum absolute atomic E-state index is 0.145. The average Bonchev–Trinajstić information content (AvgIpc) is 2.60. The van der Waals surface area contributed by atoms with Crippen LogP contribution in [0.3, 0.4) is 0 Å². The van der Waals surface area contributed by atoms with Crippen LogP contribution in [0.2, 0.25) is 0 Å². The average molecular weight is 348 g/mol. The highest BCUT2D eigenvalue weighted by atomic mass is 32.2. The smallest absolute Gasteiger partial charge is 0.332 e. The molecule has 8 heteroatoms. The van der Waals surface area contributed by atoms with Gasteiger partial charge in [0.1, 0.15) is 5.65 Å². The number of hydrogen-bond acceptors (Lipinski definition) is 5. The molecule has 128 valence electrons. The lowest BCUT2D eigenvalue weighted by Gasteiger charge is -2.13. The van der Waals surface area contributed by atoms with Gasteiger partial charge in [0.15, 0.2) is 0 Å². The molecule has 0 unspecified atom stereocenters. The molecule has 7 nitrogen and oxygen atoms in total. The lowest BCUT2D eigenvalue weighted by Crippen LogP contribution is -2.37. The summed E-state index contributed by atoms with van der Waals surface area (Å²) < 4.78 is 2.41. The second-order valence-corrected chi connectivity index (χ2v) is 6.24. The first kappa shape index (κ1) is 18.0. The molecule has 0 aliphatic carbocycles. The quantitative estimate of drug-likeness (QED) is 0.610. The first-order valence-electron chi connectivity index (χ1n) is 7.50. The van der Waals surface area contributed by atoms with Gasteiger partial charge < -0.3 is 5.32 Å². The van der Waals surface area contributed by atoms with E-state index in [0.717, 1.165) is 10.1 Å². The number of aromatic nitrogens is 3. The molecule has 0 fully saturated rings. The summed E-state index contributed by atoms with van der Waals surface area (Å²) in [5.74, 6) is 0.0277. The maximum absolute atomic E-state index is 12.6. The Hall–Kier alpha value is -2.35. The van der Waals surface area contributed by atoms with Crippen molar-refractivity contribution in [1.82, 2.24) is 19.4 Å². The highest BCUT2D eigenvalue weighted by molar-refractivity contribution is 8.00. The van der Waals surface area contributed by atoms with Crippen LogP contribution in [-0.4, -0.2) is 32.3 Å². The molecular formula is C16H20N4O3S. The van der Waals surface area contributed by atoms with Gasteiger partial charge in [-0.1, -0.05) is 13.0 Å². The molecule has 0 aliphatic heterocycles. The third kappa shape index (κ3) is 3.28. The van der Waals surface area contributed by atoms with Crippen LogP contribution >= 0.6 is 11.8 Å². The van der Waals surface area contributed by atoms with Crippen LogP contribution in [0.25, 0.3) is 11.0 Å². The van der Waals surface area contributed by atoms with Crippen molar-refractivity contribution in [3.63, 3.8) is 0 Å². The minimum Gasteiger partial charge on any atom is -0.352 e. The third-order valence-electron chi connectivity index (χ3n) is 3.67. The van der Waals surface area contributed by atoms with Gasteiger partial charge in [-0.2, -0.15) is 0 Å². The molecule has 0 spiro atoms.